The summed E-state index contributed by atoms with van der Waals surface area (Å²) < 4.78 is 22.8. The van der Waals surface area contributed by atoms with Gasteiger partial charge in [0.1, 0.15) is 48.8 Å². The topological polar surface area (TPSA) is 228 Å². The summed E-state index contributed by atoms with van der Waals surface area (Å²) in [6.45, 7) is 2.88. The number of allylic oxidation sites excluding steroid dienone is 2. The predicted molar refractivity (Wildman–Crippen MR) is 282 cm³/mol. The Morgan fingerprint density at radius 3 is 1.34 bits per heavy atom. The Morgan fingerprint density at radius 1 is 0.493 bits per heavy atom. The van der Waals surface area contributed by atoms with Gasteiger partial charge >= 0.3 is 0 Å². The van der Waals surface area contributed by atoms with Crippen LogP contribution in [0, 0.1) is 0 Å². The molecular weight excluding hydrogens is 907 g/mol. The van der Waals surface area contributed by atoms with Gasteiger partial charge in [-0.2, -0.15) is 0 Å². The molecule has 1 amide bonds. The SMILES string of the molecule is CCCCCCCCC/C=C\CCCCCCCC(=O)NC(COC1OC(CO)C(OC2OC(CO)C(O)C(O)C2O)C(O)C1O)C(O)CCCCCCCCCCCCCCCCCCCCCCC. The molecule has 0 aliphatic carbocycles. The fraction of sp³-hybridized carbons (Fsp3) is 0.947. The fourth-order valence-electron chi connectivity index (χ4n) is 9.94. The van der Waals surface area contributed by atoms with E-state index >= 15 is 0 Å². The average Bonchev–Trinajstić information content (AvgIpc) is 3.37. The normalized spacial score (nSPS) is 25.8. The van der Waals surface area contributed by atoms with Crippen LogP contribution in [0.3, 0.4) is 0 Å². The maximum absolute atomic E-state index is 13.2. The number of hydrogen-bond acceptors (Lipinski definition) is 13. The van der Waals surface area contributed by atoms with E-state index in [1.54, 1.807) is 0 Å². The molecular formula is C57H109NO13. The summed E-state index contributed by atoms with van der Waals surface area (Å²) in [6.07, 6.45) is 32.1. The summed E-state index contributed by atoms with van der Waals surface area (Å²) in [4.78, 5) is 13.2. The lowest BCUT2D eigenvalue weighted by atomic mass is 9.97. The predicted octanol–water partition coefficient (Wildman–Crippen LogP) is 9.50. The van der Waals surface area contributed by atoms with Crippen LogP contribution in [0.1, 0.15) is 251 Å². The van der Waals surface area contributed by atoms with Crippen molar-refractivity contribution in [2.75, 3.05) is 19.8 Å². The molecule has 0 radical (unpaired) electrons. The number of carbonyl (C=O) groups excluding carboxylic acids is 1. The number of hydrogen-bond donors (Lipinski definition) is 9. The van der Waals surface area contributed by atoms with Crippen molar-refractivity contribution >= 4 is 5.91 Å². The molecule has 12 atom stereocenters. The van der Waals surface area contributed by atoms with Gasteiger partial charge in [-0.25, -0.2) is 0 Å². The van der Waals surface area contributed by atoms with Crippen molar-refractivity contribution in [3.63, 3.8) is 0 Å². The number of aliphatic hydroxyl groups excluding tert-OH is 8. The van der Waals surface area contributed by atoms with Crippen molar-refractivity contribution in [3.05, 3.63) is 12.2 Å². The van der Waals surface area contributed by atoms with Crippen LogP contribution in [0.15, 0.2) is 12.2 Å². The molecule has 9 N–H and O–H groups in total. The molecule has 2 saturated heterocycles. The first kappa shape index (κ1) is 65.8. The molecule has 0 bridgehead atoms. The number of rotatable bonds is 47. The zero-order chi connectivity index (χ0) is 51.7. The van der Waals surface area contributed by atoms with Gasteiger partial charge in [0.2, 0.25) is 5.91 Å². The van der Waals surface area contributed by atoms with Crippen molar-refractivity contribution in [2.45, 2.75) is 325 Å². The molecule has 0 spiro atoms. The van der Waals surface area contributed by atoms with E-state index in [1.165, 1.54) is 154 Å². The quantitative estimate of drug-likeness (QED) is 0.0205. The van der Waals surface area contributed by atoms with E-state index in [0.717, 1.165) is 64.2 Å². The van der Waals surface area contributed by atoms with E-state index < -0.39 is 86.8 Å². The Kier molecular flexibility index (Phi) is 40.7. The highest BCUT2D eigenvalue weighted by Gasteiger charge is 2.51. The first-order valence-electron chi connectivity index (χ1n) is 29.4. The lowest BCUT2D eigenvalue weighted by molar-refractivity contribution is -0.359. The van der Waals surface area contributed by atoms with Crippen molar-refractivity contribution < 1.29 is 64.6 Å². The second-order valence-electron chi connectivity index (χ2n) is 21.1. The van der Waals surface area contributed by atoms with E-state index in [2.05, 4.69) is 31.3 Å². The van der Waals surface area contributed by atoms with Crippen LogP contribution in [-0.4, -0.2) is 140 Å². The van der Waals surface area contributed by atoms with Gasteiger partial charge in [-0.15, -0.1) is 0 Å². The van der Waals surface area contributed by atoms with Crippen LogP contribution in [0.25, 0.3) is 0 Å². The van der Waals surface area contributed by atoms with Crippen molar-refractivity contribution in [1.82, 2.24) is 5.32 Å². The average molecular weight is 1020 g/mol. The highest BCUT2D eigenvalue weighted by atomic mass is 16.7. The summed E-state index contributed by atoms with van der Waals surface area (Å²) in [6, 6.07) is -0.830. The molecule has 2 heterocycles. The van der Waals surface area contributed by atoms with E-state index in [9.17, 15) is 45.6 Å². The summed E-state index contributed by atoms with van der Waals surface area (Å²) in [7, 11) is 0. The Balaban J connectivity index is 1.76. The zero-order valence-electron chi connectivity index (χ0n) is 45.0. The summed E-state index contributed by atoms with van der Waals surface area (Å²) in [5, 5.41) is 87.2. The molecule has 0 aromatic carbocycles. The number of aliphatic hydroxyl groups is 8. The minimum absolute atomic E-state index is 0.212. The molecule has 0 aromatic heterocycles. The standard InChI is InChI=1S/C57H109NO13/c1-3-5-7-9-11-13-15-17-19-21-22-23-24-25-26-28-30-32-34-36-38-40-46(61)45(58-49(62)41-39-37-35-33-31-29-27-20-18-16-14-12-10-8-6-4-2)44-68-56-54(67)52(65)55(48(43-60)70-56)71-57-53(66)51(64)50(63)47(42-59)69-57/h20,27,45-48,50-57,59-61,63-67H,3-19,21-26,28-44H2,1-2H3,(H,58,62)/b27-20-. The number of ether oxygens (including phenoxy) is 4. The first-order valence-corrected chi connectivity index (χ1v) is 29.4. The highest BCUT2D eigenvalue weighted by Crippen LogP contribution is 2.30. The summed E-state index contributed by atoms with van der Waals surface area (Å²) in [5.41, 5.74) is 0. The number of unbranched alkanes of at least 4 members (excludes halogenated alkanes) is 32. The molecule has 2 aliphatic heterocycles. The van der Waals surface area contributed by atoms with Gasteiger partial charge in [0.15, 0.2) is 12.6 Å². The summed E-state index contributed by atoms with van der Waals surface area (Å²) >= 11 is 0. The van der Waals surface area contributed by atoms with Crippen LogP contribution in [0.5, 0.6) is 0 Å². The van der Waals surface area contributed by atoms with Crippen molar-refractivity contribution in [3.8, 4) is 0 Å². The zero-order valence-corrected chi connectivity index (χ0v) is 45.0. The lowest BCUT2D eigenvalue weighted by Gasteiger charge is -2.46. The van der Waals surface area contributed by atoms with Gasteiger partial charge in [0, 0.05) is 6.42 Å². The minimum Gasteiger partial charge on any atom is -0.394 e. The van der Waals surface area contributed by atoms with Crippen molar-refractivity contribution in [1.29, 1.82) is 0 Å². The molecule has 14 heteroatoms. The van der Waals surface area contributed by atoms with Gasteiger partial charge < -0.3 is 65.1 Å². The van der Waals surface area contributed by atoms with Gasteiger partial charge in [-0.3, -0.25) is 4.79 Å². The van der Waals surface area contributed by atoms with Crippen LogP contribution in [-0.2, 0) is 23.7 Å². The third kappa shape index (κ3) is 30.2. The van der Waals surface area contributed by atoms with Crippen LogP contribution in [0.2, 0.25) is 0 Å². The van der Waals surface area contributed by atoms with Gasteiger partial charge in [-0.05, 0) is 38.5 Å². The lowest BCUT2D eigenvalue weighted by Crippen LogP contribution is -2.65. The molecule has 0 saturated carbocycles. The van der Waals surface area contributed by atoms with Gasteiger partial charge in [0.05, 0.1) is 32.0 Å². The fourth-order valence-corrected chi connectivity index (χ4v) is 9.94. The summed E-state index contributed by atoms with van der Waals surface area (Å²) in [5.74, 6) is -0.212. The monoisotopic (exact) mass is 1020 g/mol. The third-order valence-electron chi connectivity index (χ3n) is 14.7. The Labute approximate surface area is 431 Å². The second-order valence-corrected chi connectivity index (χ2v) is 21.1. The molecule has 2 aliphatic rings. The number of carbonyl (C=O) groups is 1. The maximum atomic E-state index is 13.2. The molecule has 71 heavy (non-hydrogen) atoms. The van der Waals surface area contributed by atoms with Crippen LogP contribution >= 0.6 is 0 Å². The molecule has 12 unspecified atom stereocenters. The second kappa shape index (κ2) is 43.9. The molecule has 420 valence electrons. The highest BCUT2D eigenvalue weighted by molar-refractivity contribution is 5.76. The van der Waals surface area contributed by atoms with E-state index in [1.807, 2.05) is 0 Å². The Bertz CT molecular complexity index is 1240. The maximum Gasteiger partial charge on any atom is 0.220 e. The third-order valence-corrected chi connectivity index (χ3v) is 14.7. The number of nitrogens with one attached hydrogen (secondary N) is 1. The van der Waals surface area contributed by atoms with E-state index in [-0.39, 0.29) is 12.5 Å². The molecule has 14 nitrogen and oxygen atoms in total. The van der Waals surface area contributed by atoms with Crippen LogP contribution < -0.4 is 5.32 Å². The minimum atomic E-state index is -1.78. The van der Waals surface area contributed by atoms with E-state index in [4.69, 9.17) is 18.9 Å². The largest absolute Gasteiger partial charge is 0.394 e. The van der Waals surface area contributed by atoms with E-state index in [0.29, 0.717) is 19.3 Å². The smallest absolute Gasteiger partial charge is 0.220 e. The Hall–Kier alpha value is -1.27. The van der Waals surface area contributed by atoms with Gasteiger partial charge in [-0.1, -0.05) is 219 Å². The molecule has 2 fully saturated rings. The van der Waals surface area contributed by atoms with Crippen molar-refractivity contribution in [2.24, 2.45) is 0 Å². The molecule has 0 aromatic rings. The molecule has 2 rings (SSSR count). The van der Waals surface area contributed by atoms with Gasteiger partial charge in [0.25, 0.3) is 0 Å². The first-order chi connectivity index (χ1) is 34.6. The Morgan fingerprint density at radius 2 is 0.887 bits per heavy atom. The van der Waals surface area contributed by atoms with Crippen LogP contribution in [0.4, 0.5) is 0 Å². The number of amides is 1.